The van der Waals surface area contributed by atoms with E-state index < -0.39 is 5.97 Å². The first kappa shape index (κ1) is 15.2. The minimum Gasteiger partial charge on any atom is -0.326 e. The van der Waals surface area contributed by atoms with Crippen LogP contribution in [0.3, 0.4) is 0 Å². The predicted molar refractivity (Wildman–Crippen MR) is 77.8 cm³/mol. The van der Waals surface area contributed by atoms with Crippen molar-refractivity contribution in [2.24, 2.45) is 10.8 Å². The van der Waals surface area contributed by atoms with Gasteiger partial charge in [-0.05, 0) is 12.3 Å². The third-order valence-corrected chi connectivity index (χ3v) is 5.58. The molecule has 1 atom stereocenters. The van der Waals surface area contributed by atoms with E-state index in [1.807, 2.05) is 0 Å². The second-order valence-electron chi connectivity index (χ2n) is 6.47. The summed E-state index contributed by atoms with van der Waals surface area (Å²) in [7, 11) is 0. The molecule has 19 heavy (non-hydrogen) atoms. The number of hydrogen-bond donors (Lipinski definition) is 0. The molecule has 3 aliphatic rings. The van der Waals surface area contributed by atoms with Crippen LogP contribution in [0, 0.1) is 23.2 Å². The molecule has 0 aromatic carbocycles. The van der Waals surface area contributed by atoms with E-state index in [0.29, 0.717) is 19.8 Å². The third-order valence-electron chi connectivity index (χ3n) is 4.35. The van der Waals surface area contributed by atoms with Gasteiger partial charge in [0.05, 0.1) is 25.1 Å². The van der Waals surface area contributed by atoms with Gasteiger partial charge in [-0.15, -0.1) is 24.1 Å². The number of thioether (sulfide) groups is 1. The first-order valence-electron chi connectivity index (χ1n) is 6.82. The van der Waals surface area contributed by atoms with Crippen LogP contribution in [0.4, 0.5) is 0 Å². The number of ether oxygens (including phenoxy) is 3. The SMILES string of the molecule is C#CCCSC(C)C12OCC(C(C)(C)C)(CO1)CO2. The molecule has 0 radical (unpaired) electrons. The van der Waals surface area contributed by atoms with E-state index in [1.54, 1.807) is 11.8 Å². The van der Waals surface area contributed by atoms with E-state index in [4.69, 9.17) is 20.6 Å². The highest BCUT2D eigenvalue weighted by Gasteiger charge is 2.59. The zero-order chi connectivity index (χ0) is 14.1. The maximum Gasteiger partial charge on any atom is 0.295 e. The highest BCUT2D eigenvalue weighted by atomic mass is 32.2. The van der Waals surface area contributed by atoms with Crippen LogP contribution in [0.1, 0.15) is 34.1 Å². The predicted octanol–water partition coefficient (Wildman–Crippen LogP) is 2.89. The van der Waals surface area contributed by atoms with Crippen molar-refractivity contribution < 1.29 is 14.2 Å². The highest BCUT2D eigenvalue weighted by Crippen LogP contribution is 2.51. The lowest BCUT2D eigenvalue weighted by Crippen LogP contribution is -2.66. The van der Waals surface area contributed by atoms with Crippen molar-refractivity contribution in [1.29, 1.82) is 0 Å². The van der Waals surface area contributed by atoms with Crippen LogP contribution < -0.4 is 0 Å². The van der Waals surface area contributed by atoms with Gasteiger partial charge in [0.2, 0.25) is 0 Å². The smallest absolute Gasteiger partial charge is 0.295 e. The van der Waals surface area contributed by atoms with E-state index >= 15 is 0 Å². The van der Waals surface area contributed by atoms with Crippen LogP contribution in [-0.4, -0.2) is 36.8 Å². The Morgan fingerprint density at radius 2 is 1.74 bits per heavy atom. The van der Waals surface area contributed by atoms with E-state index in [1.165, 1.54) is 0 Å². The van der Waals surface area contributed by atoms with Crippen LogP contribution in [0.2, 0.25) is 0 Å². The topological polar surface area (TPSA) is 27.7 Å². The molecule has 0 amide bonds. The lowest BCUT2D eigenvalue weighted by Gasteiger charge is -2.58. The van der Waals surface area contributed by atoms with Gasteiger partial charge in [0.1, 0.15) is 0 Å². The lowest BCUT2D eigenvalue weighted by molar-refractivity contribution is -0.476. The summed E-state index contributed by atoms with van der Waals surface area (Å²) in [5, 5.41) is 0.124. The summed E-state index contributed by atoms with van der Waals surface area (Å²) in [5.74, 6) is 2.68. The molecule has 0 aromatic heterocycles. The van der Waals surface area contributed by atoms with Gasteiger partial charge >= 0.3 is 0 Å². The van der Waals surface area contributed by atoms with Gasteiger partial charge < -0.3 is 14.2 Å². The van der Waals surface area contributed by atoms with Crippen molar-refractivity contribution in [3.05, 3.63) is 0 Å². The van der Waals surface area contributed by atoms with Crippen LogP contribution in [0.25, 0.3) is 0 Å². The van der Waals surface area contributed by atoms with Gasteiger partial charge in [-0.3, -0.25) is 0 Å². The molecule has 0 aliphatic carbocycles. The molecule has 3 saturated heterocycles. The number of rotatable bonds is 4. The summed E-state index contributed by atoms with van der Waals surface area (Å²) in [6.45, 7) is 10.8. The Hall–Kier alpha value is -0.210. The van der Waals surface area contributed by atoms with Crippen molar-refractivity contribution in [2.75, 3.05) is 25.6 Å². The van der Waals surface area contributed by atoms with Gasteiger partial charge in [-0.2, -0.15) is 0 Å². The molecule has 0 aromatic rings. The molecule has 3 fully saturated rings. The normalized spacial score (nSPS) is 35.9. The fraction of sp³-hybridized carbons (Fsp3) is 0.867. The van der Waals surface area contributed by atoms with Crippen LogP contribution in [0.5, 0.6) is 0 Å². The summed E-state index contributed by atoms with van der Waals surface area (Å²) >= 11 is 1.74. The minimum atomic E-state index is -0.869. The van der Waals surface area contributed by atoms with Crippen LogP contribution in [-0.2, 0) is 14.2 Å². The van der Waals surface area contributed by atoms with E-state index in [9.17, 15) is 0 Å². The molecule has 108 valence electrons. The summed E-state index contributed by atoms with van der Waals surface area (Å²) in [5.41, 5.74) is 0.0807. The Bertz CT molecular complexity index is 342. The monoisotopic (exact) mass is 284 g/mol. The summed E-state index contributed by atoms with van der Waals surface area (Å²) in [6.07, 6.45) is 6.04. The maximum absolute atomic E-state index is 5.97. The summed E-state index contributed by atoms with van der Waals surface area (Å²) < 4.78 is 17.9. The molecule has 2 bridgehead atoms. The van der Waals surface area contributed by atoms with Crippen molar-refractivity contribution >= 4 is 11.8 Å². The van der Waals surface area contributed by atoms with Gasteiger partial charge in [0.15, 0.2) is 0 Å². The summed E-state index contributed by atoms with van der Waals surface area (Å²) in [6, 6.07) is 0. The fourth-order valence-electron chi connectivity index (χ4n) is 2.36. The van der Waals surface area contributed by atoms with Crippen molar-refractivity contribution in [1.82, 2.24) is 0 Å². The molecular weight excluding hydrogens is 260 g/mol. The molecule has 0 spiro atoms. The average molecular weight is 284 g/mol. The summed E-state index contributed by atoms with van der Waals surface area (Å²) in [4.78, 5) is 0. The van der Waals surface area contributed by atoms with Crippen molar-refractivity contribution in [3.63, 3.8) is 0 Å². The maximum atomic E-state index is 5.97. The Kier molecular flexibility index (Phi) is 4.23. The Labute approximate surface area is 120 Å². The minimum absolute atomic E-state index is 0.0298. The standard InChI is InChI=1S/C15H24O3S/c1-6-7-8-19-12(2)15-16-9-14(10-17-15,11-18-15)13(3,4)5/h1,12H,7-11H2,2-5H3. The lowest BCUT2D eigenvalue weighted by atomic mass is 9.67. The molecule has 0 N–H and O–H groups in total. The van der Waals surface area contributed by atoms with Crippen LogP contribution >= 0.6 is 11.8 Å². The molecular formula is C15H24O3S. The van der Waals surface area contributed by atoms with Gasteiger partial charge in [-0.1, -0.05) is 20.8 Å². The fourth-order valence-corrected chi connectivity index (χ4v) is 3.36. The zero-order valence-corrected chi connectivity index (χ0v) is 13.1. The second-order valence-corrected chi connectivity index (χ2v) is 7.92. The van der Waals surface area contributed by atoms with E-state index in [-0.39, 0.29) is 16.1 Å². The van der Waals surface area contributed by atoms with Crippen molar-refractivity contribution in [3.8, 4) is 12.3 Å². The largest absolute Gasteiger partial charge is 0.326 e. The van der Waals surface area contributed by atoms with Gasteiger partial charge in [0, 0.05) is 17.6 Å². The first-order valence-corrected chi connectivity index (χ1v) is 7.87. The quantitative estimate of drug-likeness (QED) is 0.586. The van der Waals surface area contributed by atoms with Crippen LogP contribution in [0.15, 0.2) is 0 Å². The number of terminal acetylenes is 1. The molecule has 4 heteroatoms. The van der Waals surface area contributed by atoms with E-state index in [0.717, 1.165) is 12.2 Å². The van der Waals surface area contributed by atoms with Gasteiger partial charge in [-0.25, -0.2) is 0 Å². The Balaban J connectivity index is 1.99. The molecule has 3 rings (SSSR count). The average Bonchev–Trinajstić information content (AvgIpc) is 2.40. The first-order chi connectivity index (χ1) is 8.85. The Morgan fingerprint density at radius 1 is 1.21 bits per heavy atom. The molecule has 3 nitrogen and oxygen atoms in total. The molecule has 3 aliphatic heterocycles. The van der Waals surface area contributed by atoms with Crippen molar-refractivity contribution in [2.45, 2.75) is 45.3 Å². The highest BCUT2D eigenvalue weighted by molar-refractivity contribution is 7.99. The zero-order valence-electron chi connectivity index (χ0n) is 12.3. The van der Waals surface area contributed by atoms with E-state index in [2.05, 4.69) is 33.6 Å². The second kappa shape index (κ2) is 5.29. The molecule has 1 unspecified atom stereocenters. The molecule has 0 saturated carbocycles. The third kappa shape index (κ3) is 2.67. The Morgan fingerprint density at radius 3 is 2.16 bits per heavy atom. The number of hydrogen-bond acceptors (Lipinski definition) is 4. The molecule has 3 heterocycles. The number of fused-ring (bicyclic) bond motifs is 3. The van der Waals surface area contributed by atoms with Gasteiger partial charge in [0.25, 0.3) is 5.97 Å².